The van der Waals surface area contributed by atoms with Crippen LogP contribution in [0, 0.1) is 12.3 Å². The number of nitrogens with zero attached hydrogens (tertiary/aromatic N) is 1. The molecular weight excluding hydrogens is 288 g/mol. The highest BCUT2D eigenvalue weighted by atomic mass is 16.5. The van der Waals surface area contributed by atoms with Gasteiger partial charge in [-0.05, 0) is 35.9 Å². The van der Waals surface area contributed by atoms with Crippen LogP contribution in [0.1, 0.15) is 11.4 Å². The lowest BCUT2D eigenvalue weighted by Crippen LogP contribution is -1.96. The number of fused-ring (bicyclic) bond motifs is 1. The Kier molecular flexibility index (Phi) is 4.30. The van der Waals surface area contributed by atoms with Crippen LogP contribution in [-0.4, -0.2) is 23.7 Å². The Labute approximate surface area is 134 Å². The molecule has 0 saturated carbocycles. The third kappa shape index (κ3) is 3.35. The molecule has 0 fully saturated rings. The number of hydrogen-bond donors (Lipinski definition) is 1. The van der Waals surface area contributed by atoms with Crippen molar-refractivity contribution >= 4 is 23.2 Å². The fourth-order valence-corrected chi connectivity index (χ4v) is 2.25. The zero-order chi connectivity index (χ0) is 16.1. The molecule has 0 bridgehead atoms. The normalized spacial score (nSPS) is 10.8. The summed E-state index contributed by atoms with van der Waals surface area (Å²) < 4.78 is 10.8. The van der Waals surface area contributed by atoms with Gasteiger partial charge >= 0.3 is 0 Å². The lowest BCUT2D eigenvalue weighted by Gasteiger charge is -2.09. The number of aromatic amines is 1. The predicted octanol–water partition coefficient (Wildman–Crippen LogP) is 3.75. The summed E-state index contributed by atoms with van der Waals surface area (Å²) in [7, 11) is 1.60. The van der Waals surface area contributed by atoms with Gasteiger partial charge in [-0.3, -0.25) is 0 Å². The fraction of sp³-hybridized carbons (Fsp3) is 0.105. The number of ether oxygens (including phenoxy) is 2. The van der Waals surface area contributed by atoms with Crippen LogP contribution in [0.5, 0.6) is 11.5 Å². The molecule has 3 rings (SSSR count). The van der Waals surface area contributed by atoms with Crippen molar-refractivity contribution in [2.75, 3.05) is 13.7 Å². The Morgan fingerprint density at radius 2 is 2.04 bits per heavy atom. The molecule has 23 heavy (non-hydrogen) atoms. The molecule has 0 amide bonds. The van der Waals surface area contributed by atoms with Crippen LogP contribution in [0.15, 0.2) is 42.5 Å². The number of para-hydroxylation sites is 2. The van der Waals surface area contributed by atoms with Gasteiger partial charge < -0.3 is 14.5 Å². The number of nitrogens with one attached hydrogen (secondary N) is 1. The molecule has 0 saturated heterocycles. The van der Waals surface area contributed by atoms with E-state index in [1.54, 1.807) is 7.11 Å². The van der Waals surface area contributed by atoms with E-state index in [0.29, 0.717) is 11.5 Å². The maximum atomic E-state index is 5.43. The fourth-order valence-electron chi connectivity index (χ4n) is 2.25. The first kappa shape index (κ1) is 14.7. The number of rotatable bonds is 5. The maximum Gasteiger partial charge on any atom is 0.162 e. The third-order valence-electron chi connectivity index (χ3n) is 3.34. The van der Waals surface area contributed by atoms with Crippen LogP contribution in [0.2, 0.25) is 0 Å². The number of aromatic nitrogens is 2. The van der Waals surface area contributed by atoms with Crippen LogP contribution >= 0.6 is 0 Å². The van der Waals surface area contributed by atoms with Crippen molar-refractivity contribution in [3.8, 4) is 23.8 Å². The van der Waals surface area contributed by atoms with Crippen molar-refractivity contribution < 1.29 is 9.47 Å². The molecule has 3 aromatic rings. The molecule has 0 unspecified atom stereocenters. The van der Waals surface area contributed by atoms with Crippen LogP contribution in [-0.2, 0) is 0 Å². The van der Waals surface area contributed by atoms with Crippen LogP contribution in [0.3, 0.4) is 0 Å². The van der Waals surface area contributed by atoms with Crippen molar-refractivity contribution in [2.24, 2.45) is 0 Å². The second kappa shape index (κ2) is 6.71. The topological polar surface area (TPSA) is 47.1 Å². The van der Waals surface area contributed by atoms with Gasteiger partial charge in [0.2, 0.25) is 0 Å². The number of hydrogen-bond acceptors (Lipinski definition) is 3. The molecule has 0 aliphatic heterocycles. The van der Waals surface area contributed by atoms with Crippen LogP contribution < -0.4 is 9.47 Å². The van der Waals surface area contributed by atoms with E-state index in [4.69, 9.17) is 15.9 Å². The van der Waals surface area contributed by atoms with Crippen molar-refractivity contribution in [1.29, 1.82) is 0 Å². The highest BCUT2D eigenvalue weighted by molar-refractivity contribution is 5.78. The Balaban J connectivity index is 1.82. The average Bonchev–Trinajstić information content (AvgIpc) is 3.01. The summed E-state index contributed by atoms with van der Waals surface area (Å²) in [4.78, 5) is 7.77. The van der Waals surface area contributed by atoms with E-state index in [2.05, 4.69) is 15.9 Å². The molecule has 114 valence electrons. The van der Waals surface area contributed by atoms with Gasteiger partial charge in [0.1, 0.15) is 12.4 Å². The van der Waals surface area contributed by atoms with E-state index in [9.17, 15) is 0 Å². The highest BCUT2D eigenvalue weighted by Crippen LogP contribution is 2.28. The summed E-state index contributed by atoms with van der Waals surface area (Å²) >= 11 is 0. The largest absolute Gasteiger partial charge is 0.493 e. The van der Waals surface area contributed by atoms with E-state index >= 15 is 0 Å². The minimum atomic E-state index is 0.213. The Hall–Kier alpha value is -3.19. The van der Waals surface area contributed by atoms with Gasteiger partial charge in [0.05, 0.1) is 18.1 Å². The Bertz CT molecular complexity index is 855. The van der Waals surface area contributed by atoms with Gasteiger partial charge in [0.15, 0.2) is 11.5 Å². The first-order chi connectivity index (χ1) is 11.3. The van der Waals surface area contributed by atoms with Gasteiger partial charge in [-0.1, -0.05) is 30.2 Å². The lowest BCUT2D eigenvalue weighted by molar-refractivity contribution is 0.331. The number of methoxy groups -OCH3 is 1. The van der Waals surface area contributed by atoms with E-state index in [0.717, 1.165) is 22.4 Å². The van der Waals surface area contributed by atoms with Crippen LogP contribution in [0.4, 0.5) is 0 Å². The van der Waals surface area contributed by atoms with Crippen LogP contribution in [0.25, 0.3) is 23.2 Å². The predicted molar refractivity (Wildman–Crippen MR) is 92.3 cm³/mol. The summed E-state index contributed by atoms with van der Waals surface area (Å²) in [5.41, 5.74) is 2.95. The van der Waals surface area contributed by atoms with E-state index in [1.807, 2.05) is 54.6 Å². The summed E-state index contributed by atoms with van der Waals surface area (Å²) in [5.74, 6) is 4.52. The molecule has 2 aromatic carbocycles. The monoisotopic (exact) mass is 304 g/mol. The number of H-pyrrole nitrogens is 1. The van der Waals surface area contributed by atoms with Gasteiger partial charge in [0.25, 0.3) is 0 Å². The molecule has 0 aliphatic rings. The first-order valence-electron chi connectivity index (χ1n) is 7.17. The molecule has 1 heterocycles. The van der Waals surface area contributed by atoms with Gasteiger partial charge in [-0.25, -0.2) is 4.98 Å². The second-order valence-electron chi connectivity index (χ2n) is 4.88. The zero-order valence-electron chi connectivity index (χ0n) is 12.7. The zero-order valence-corrected chi connectivity index (χ0v) is 12.7. The lowest BCUT2D eigenvalue weighted by atomic mass is 10.2. The smallest absolute Gasteiger partial charge is 0.162 e. The summed E-state index contributed by atoms with van der Waals surface area (Å²) in [6, 6.07) is 13.6. The van der Waals surface area contributed by atoms with Crippen molar-refractivity contribution in [2.45, 2.75) is 0 Å². The van der Waals surface area contributed by atoms with E-state index < -0.39 is 0 Å². The van der Waals surface area contributed by atoms with Crippen molar-refractivity contribution in [3.63, 3.8) is 0 Å². The number of imidazole rings is 1. The average molecular weight is 304 g/mol. The third-order valence-corrected chi connectivity index (χ3v) is 3.34. The van der Waals surface area contributed by atoms with E-state index in [1.165, 1.54) is 0 Å². The molecule has 4 heteroatoms. The molecule has 1 N–H and O–H groups in total. The number of terminal acetylenes is 1. The highest BCUT2D eigenvalue weighted by Gasteiger charge is 2.04. The Morgan fingerprint density at radius 3 is 2.83 bits per heavy atom. The quantitative estimate of drug-likeness (QED) is 0.730. The summed E-state index contributed by atoms with van der Waals surface area (Å²) in [6.07, 6.45) is 9.10. The Morgan fingerprint density at radius 1 is 1.17 bits per heavy atom. The second-order valence-corrected chi connectivity index (χ2v) is 4.88. The molecule has 1 aromatic heterocycles. The number of benzene rings is 2. The first-order valence-corrected chi connectivity index (χ1v) is 7.17. The maximum absolute atomic E-state index is 5.43. The van der Waals surface area contributed by atoms with Gasteiger partial charge in [-0.15, -0.1) is 6.42 Å². The van der Waals surface area contributed by atoms with Gasteiger partial charge in [0, 0.05) is 0 Å². The molecular formula is C19H16N2O2. The molecule has 0 atom stereocenters. The summed E-state index contributed by atoms with van der Waals surface area (Å²) in [6.45, 7) is 0.213. The van der Waals surface area contributed by atoms with E-state index in [-0.39, 0.29) is 6.61 Å². The standard InChI is InChI=1S/C19H16N2O2/c1-3-12-23-17-10-8-14(13-18(17)22-2)9-11-19-20-15-6-4-5-7-16(15)21-19/h1,4-11,13H,12H2,2H3,(H,20,21)/b11-9+. The van der Waals surface area contributed by atoms with Gasteiger partial charge in [-0.2, -0.15) is 0 Å². The molecule has 0 aliphatic carbocycles. The minimum absolute atomic E-state index is 0.213. The van der Waals surface area contributed by atoms with Crippen molar-refractivity contribution in [3.05, 3.63) is 53.9 Å². The SMILES string of the molecule is C#CCOc1ccc(/C=C/c2nc3ccccc3[nH]2)cc1OC. The summed E-state index contributed by atoms with van der Waals surface area (Å²) in [5, 5.41) is 0. The minimum Gasteiger partial charge on any atom is -0.493 e. The molecule has 4 nitrogen and oxygen atoms in total. The van der Waals surface area contributed by atoms with Crippen molar-refractivity contribution in [1.82, 2.24) is 9.97 Å². The molecule has 0 radical (unpaired) electrons. The molecule has 0 spiro atoms.